The van der Waals surface area contributed by atoms with E-state index in [1.54, 1.807) is 56.7 Å². The van der Waals surface area contributed by atoms with Crippen LogP contribution in [0.4, 0.5) is 0 Å². The third-order valence-corrected chi connectivity index (χ3v) is 4.92. The van der Waals surface area contributed by atoms with Crippen molar-refractivity contribution in [2.24, 2.45) is 0 Å². The van der Waals surface area contributed by atoms with Crippen molar-refractivity contribution in [3.05, 3.63) is 83.7 Å². The van der Waals surface area contributed by atoms with Crippen LogP contribution in [0.15, 0.2) is 71.1 Å². The van der Waals surface area contributed by atoms with Crippen molar-refractivity contribution in [3.63, 3.8) is 0 Å². The van der Waals surface area contributed by atoms with E-state index in [4.69, 9.17) is 18.6 Å². The second-order valence-electron chi connectivity index (χ2n) is 6.95. The molecule has 0 saturated heterocycles. The Labute approximate surface area is 186 Å². The molecule has 4 rings (SSSR count). The molecule has 0 saturated carbocycles. The highest BCUT2D eigenvalue weighted by molar-refractivity contribution is 6.31. The van der Waals surface area contributed by atoms with Crippen LogP contribution in [0.5, 0.6) is 17.2 Å². The van der Waals surface area contributed by atoms with Crippen LogP contribution in [0.25, 0.3) is 22.7 Å². The third-order valence-electron chi connectivity index (χ3n) is 4.92. The maximum Gasteiger partial charge on any atom is 0.231 e. The van der Waals surface area contributed by atoms with Crippen molar-refractivity contribution in [2.45, 2.75) is 6.92 Å². The highest BCUT2D eigenvalue weighted by Gasteiger charge is 2.21. The summed E-state index contributed by atoms with van der Waals surface area (Å²) in [5.74, 6) is 1.91. The van der Waals surface area contributed by atoms with Gasteiger partial charge in [-0.05, 0) is 67.1 Å². The lowest BCUT2D eigenvalue weighted by atomic mass is 10.0. The largest absolute Gasteiger partial charge is 0.494 e. The van der Waals surface area contributed by atoms with Crippen LogP contribution in [-0.4, -0.2) is 31.6 Å². The van der Waals surface area contributed by atoms with Gasteiger partial charge in [-0.3, -0.25) is 4.79 Å². The minimum absolute atomic E-state index is 0.214. The molecule has 0 unspecified atom stereocenters. The molecule has 32 heavy (non-hydrogen) atoms. The molecule has 0 amide bonds. The van der Waals surface area contributed by atoms with Crippen molar-refractivity contribution in [1.29, 1.82) is 0 Å². The zero-order valence-electron chi connectivity index (χ0n) is 18.1. The number of ether oxygens (including phenoxy) is 3. The highest BCUT2D eigenvalue weighted by Crippen LogP contribution is 2.31. The highest BCUT2D eigenvalue weighted by atomic mass is 16.5. The number of ketones is 1. The first-order valence-corrected chi connectivity index (χ1v) is 10.2. The van der Waals surface area contributed by atoms with Crippen LogP contribution in [-0.2, 0) is 0 Å². The molecular formula is C26H23NO5. The van der Waals surface area contributed by atoms with E-state index in [2.05, 4.69) is 4.98 Å². The van der Waals surface area contributed by atoms with Crippen molar-refractivity contribution in [1.82, 2.24) is 4.98 Å². The summed E-state index contributed by atoms with van der Waals surface area (Å²) in [5.41, 5.74) is 2.87. The third kappa shape index (κ3) is 4.34. The lowest BCUT2D eigenvalue weighted by Crippen LogP contribution is -2.04. The number of methoxy groups -OCH3 is 2. The number of oxazole rings is 1. The maximum absolute atomic E-state index is 13.5. The molecule has 6 nitrogen and oxygen atoms in total. The average molecular weight is 429 g/mol. The van der Waals surface area contributed by atoms with Gasteiger partial charge in [-0.1, -0.05) is 18.2 Å². The van der Waals surface area contributed by atoms with Gasteiger partial charge in [0.2, 0.25) is 5.89 Å². The van der Waals surface area contributed by atoms with Crippen LogP contribution in [0, 0.1) is 0 Å². The standard InChI is InChI=1S/C26H23NO5/c1-4-31-19-12-10-18(11-13-19)25(28)20(26-27-21-7-5-6-8-22(21)32-26)15-17-9-14-23(29-2)24(16-17)30-3/h5-16H,4H2,1-3H3. The van der Waals surface area contributed by atoms with Crippen molar-refractivity contribution >= 4 is 28.5 Å². The van der Waals surface area contributed by atoms with Gasteiger partial charge in [-0.25, -0.2) is 4.98 Å². The van der Waals surface area contributed by atoms with Crippen LogP contribution in [0.2, 0.25) is 0 Å². The normalized spacial score (nSPS) is 11.4. The molecule has 162 valence electrons. The predicted octanol–water partition coefficient (Wildman–Crippen LogP) is 5.67. The number of carbonyl (C=O) groups is 1. The van der Waals surface area contributed by atoms with Gasteiger partial charge in [0.1, 0.15) is 11.3 Å². The molecule has 4 aromatic rings. The number of rotatable bonds is 8. The number of hydrogen-bond acceptors (Lipinski definition) is 6. The lowest BCUT2D eigenvalue weighted by molar-refractivity contribution is 0.105. The Hall–Kier alpha value is -4.06. The molecule has 1 aromatic heterocycles. The molecule has 3 aromatic carbocycles. The molecule has 0 radical (unpaired) electrons. The molecule has 0 aliphatic heterocycles. The number of fused-ring (bicyclic) bond motifs is 1. The van der Waals surface area contributed by atoms with Crippen molar-refractivity contribution in [3.8, 4) is 17.2 Å². The fourth-order valence-electron chi connectivity index (χ4n) is 3.35. The van der Waals surface area contributed by atoms with Gasteiger partial charge in [0.25, 0.3) is 0 Å². The van der Waals surface area contributed by atoms with Crippen LogP contribution >= 0.6 is 0 Å². The predicted molar refractivity (Wildman–Crippen MR) is 123 cm³/mol. The number of hydrogen-bond donors (Lipinski definition) is 0. The van der Waals surface area contributed by atoms with Gasteiger partial charge in [-0.2, -0.15) is 0 Å². The van der Waals surface area contributed by atoms with Crippen LogP contribution in [0.1, 0.15) is 28.7 Å². The summed E-state index contributed by atoms with van der Waals surface area (Å²) in [6.07, 6.45) is 1.74. The van der Waals surface area contributed by atoms with Crippen LogP contribution < -0.4 is 14.2 Å². The number of carbonyl (C=O) groups excluding carboxylic acids is 1. The molecule has 0 fully saturated rings. The quantitative estimate of drug-likeness (QED) is 0.266. The van der Waals surface area contributed by atoms with Gasteiger partial charge >= 0.3 is 0 Å². The smallest absolute Gasteiger partial charge is 0.231 e. The molecule has 0 bridgehead atoms. The lowest BCUT2D eigenvalue weighted by Gasteiger charge is -2.09. The summed E-state index contributed by atoms with van der Waals surface area (Å²) in [5, 5.41) is 0. The number of benzene rings is 3. The van der Waals surface area contributed by atoms with E-state index < -0.39 is 0 Å². The summed E-state index contributed by atoms with van der Waals surface area (Å²) in [4.78, 5) is 18.1. The van der Waals surface area contributed by atoms with E-state index in [-0.39, 0.29) is 11.7 Å². The Bertz CT molecular complexity index is 1240. The van der Waals surface area contributed by atoms with Crippen LogP contribution in [0.3, 0.4) is 0 Å². The van der Waals surface area contributed by atoms with Gasteiger partial charge in [-0.15, -0.1) is 0 Å². The number of allylic oxidation sites excluding steroid dienone is 1. The Morgan fingerprint density at radius 1 is 0.969 bits per heavy atom. The summed E-state index contributed by atoms with van der Waals surface area (Å²) in [7, 11) is 3.14. The minimum Gasteiger partial charge on any atom is -0.494 e. The molecule has 6 heteroatoms. The zero-order chi connectivity index (χ0) is 22.5. The van der Waals surface area contributed by atoms with E-state index in [0.29, 0.717) is 46.1 Å². The van der Waals surface area contributed by atoms with E-state index in [9.17, 15) is 4.79 Å². The Balaban J connectivity index is 1.81. The SMILES string of the molecule is CCOc1ccc(C(=O)C(=Cc2ccc(OC)c(OC)c2)c2nc3ccccc3o2)cc1. The summed E-state index contributed by atoms with van der Waals surface area (Å²) in [6, 6.07) is 19.9. The first-order valence-electron chi connectivity index (χ1n) is 10.2. The zero-order valence-corrected chi connectivity index (χ0v) is 18.1. The molecular weight excluding hydrogens is 406 g/mol. The summed E-state index contributed by atoms with van der Waals surface area (Å²) >= 11 is 0. The molecule has 1 heterocycles. The Morgan fingerprint density at radius 3 is 2.41 bits per heavy atom. The second kappa shape index (κ2) is 9.39. The number of nitrogens with zero attached hydrogens (tertiary/aromatic N) is 1. The van der Waals surface area contributed by atoms with Crippen molar-refractivity contribution < 1.29 is 23.4 Å². The van der Waals surface area contributed by atoms with E-state index in [0.717, 1.165) is 5.56 Å². The van der Waals surface area contributed by atoms with E-state index in [1.165, 1.54) is 0 Å². The van der Waals surface area contributed by atoms with E-state index in [1.807, 2.05) is 37.3 Å². The van der Waals surface area contributed by atoms with Gasteiger partial charge < -0.3 is 18.6 Å². The van der Waals surface area contributed by atoms with E-state index >= 15 is 0 Å². The number of para-hydroxylation sites is 2. The van der Waals surface area contributed by atoms with Gasteiger partial charge in [0, 0.05) is 5.56 Å². The average Bonchev–Trinajstić information content (AvgIpc) is 3.26. The first-order chi connectivity index (χ1) is 15.6. The second-order valence-corrected chi connectivity index (χ2v) is 6.95. The molecule has 0 N–H and O–H groups in total. The Kier molecular flexibility index (Phi) is 6.22. The maximum atomic E-state index is 13.5. The summed E-state index contributed by atoms with van der Waals surface area (Å²) < 4.78 is 22.1. The molecule has 0 aliphatic rings. The van der Waals surface area contributed by atoms with Gasteiger partial charge in [0.15, 0.2) is 22.9 Å². The molecule has 0 atom stereocenters. The number of Topliss-reactive ketones (excluding diaryl/α,β-unsaturated/α-hetero) is 1. The Morgan fingerprint density at radius 2 is 1.72 bits per heavy atom. The molecule has 0 aliphatic carbocycles. The molecule has 0 spiro atoms. The van der Waals surface area contributed by atoms with Crippen molar-refractivity contribution in [2.75, 3.05) is 20.8 Å². The first kappa shape index (κ1) is 21.2. The monoisotopic (exact) mass is 429 g/mol. The minimum atomic E-state index is -0.214. The topological polar surface area (TPSA) is 70.8 Å². The summed E-state index contributed by atoms with van der Waals surface area (Å²) in [6.45, 7) is 2.47. The van der Waals surface area contributed by atoms with Gasteiger partial charge in [0.05, 0.1) is 26.4 Å². The fourth-order valence-corrected chi connectivity index (χ4v) is 3.35. The fraction of sp³-hybridized carbons (Fsp3) is 0.154. The number of aromatic nitrogens is 1.